The van der Waals surface area contributed by atoms with E-state index in [9.17, 15) is 40.3 Å². The lowest BCUT2D eigenvalue weighted by atomic mass is 9.93. The van der Waals surface area contributed by atoms with Gasteiger partial charge in [0.1, 0.15) is 23.5 Å². The number of amides is 3. The van der Waals surface area contributed by atoms with Crippen molar-refractivity contribution < 1.29 is 44.7 Å². The molecule has 17 heteroatoms. The number of hydrogen-bond donors (Lipinski definition) is 3. The number of benzene rings is 2. The van der Waals surface area contributed by atoms with Crippen LogP contribution in [-0.4, -0.2) is 50.7 Å². The largest absolute Gasteiger partial charge is 0.471 e. The van der Waals surface area contributed by atoms with Gasteiger partial charge in [-0.25, -0.2) is 23.1 Å². The van der Waals surface area contributed by atoms with Crippen molar-refractivity contribution in [2.75, 3.05) is 29.5 Å². The Labute approximate surface area is 242 Å². The van der Waals surface area contributed by atoms with E-state index in [0.29, 0.717) is 29.5 Å². The lowest BCUT2D eigenvalue weighted by Gasteiger charge is -2.32. The van der Waals surface area contributed by atoms with Crippen molar-refractivity contribution in [2.24, 2.45) is 0 Å². The molecule has 3 heterocycles. The highest BCUT2D eigenvalue weighted by Gasteiger charge is 2.43. The Bertz CT molecular complexity index is 1740. The van der Waals surface area contributed by atoms with Crippen LogP contribution in [0.1, 0.15) is 30.0 Å². The highest BCUT2D eigenvalue weighted by molar-refractivity contribution is 6.00. The van der Waals surface area contributed by atoms with Crippen LogP contribution in [0.15, 0.2) is 48.8 Å². The Morgan fingerprint density at radius 1 is 0.886 bits per heavy atom. The molecule has 3 amide bonds. The maximum absolute atomic E-state index is 15.1. The fourth-order valence-corrected chi connectivity index (χ4v) is 5.02. The maximum atomic E-state index is 15.1. The van der Waals surface area contributed by atoms with Gasteiger partial charge in [-0.05, 0) is 54.8 Å². The number of carbonyl (C=O) groups is 2. The summed E-state index contributed by atoms with van der Waals surface area (Å²) >= 11 is 0. The first-order valence-electron chi connectivity index (χ1n) is 12.9. The molecule has 0 radical (unpaired) electrons. The Kier molecular flexibility index (Phi) is 7.81. The number of carbonyl (C=O) groups excluding carboxylic acids is 2. The second kappa shape index (κ2) is 11.3. The predicted octanol–water partition coefficient (Wildman–Crippen LogP) is 6.19. The summed E-state index contributed by atoms with van der Waals surface area (Å²) < 4.78 is 108. The summed E-state index contributed by atoms with van der Waals surface area (Å²) in [7, 11) is 0. The number of nitrogens with two attached hydrogens (primary N) is 1. The van der Waals surface area contributed by atoms with Crippen LogP contribution in [0.2, 0.25) is 0 Å². The van der Waals surface area contributed by atoms with Gasteiger partial charge in [-0.3, -0.25) is 4.79 Å². The predicted molar refractivity (Wildman–Crippen MR) is 141 cm³/mol. The molecule has 1 aliphatic heterocycles. The fraction of sp³-hybridized carbons (Fsp3) is 0.259. The first-order chi connectivity index (χ1) is 20.6. The number of anilines is 3. The molecular weight excluding hydrogens is 606 g/mol. The van der Waals surface area contributed by atoms with Crippen molar-refractivity contribution in [2.45, 2.75) is 31.1 Å². The molecule has 0 bridgehead atoms. The summed E-state index contributed by atoms with van der Waals surface area (Å²) in [5, 5.41) is 8.24. The number of urea groups is 1. The molecule has 9 nitrogen and oxygen atoms in total. The van der Waals surface area contributed by atoms with Crippen molar-refractivity contribution in [1.82, 2.24) is 19.5 Å². The standard InChI is InChI=1S/C27H21F8N7O2/c28-17-3-2-15(26(30,31)32)10-20(17)40-25(44)39-19-4-1-14(9-18(19)29)16-11-21(42-22(16)23(36)37-12-38-42)13-5-7-41(8-6-13)24(43)27(33,34)35/h1-4,9-13H,5-8H2,(H2,36,37,38)(H2,39,40,44). The zero-order chi connectivity index (χ0) is 32.0. The van der Waals surface area contributed by atoms with Crippen LogP contribution in [-0.2, 0) is 11.0 Å². The first kappa shape index (κ1) is 30.5. The molecule has 44 heavy (non-hydrogen) atoms. The zero-order valence-corrected chi connectivity index (χ0v) is 22.2. The second-order valence-corrected chi connectivity index (χ2v) is 9.92. The summed E-state index contributed by atoms with van der Waals surface area (Å²) in [6.45, 7) is -0.290. The van der Waals surface area contributed by atoms with Crippen LogP contribution in [0.25, 0.3) is 16.6 Å². The van der Waals surface area contributed by atoms with E-state index in [2.05, 4.69) is 15.4 Å². The van der Waals surface area contributed by atoms with Crippen molar-refractivity contribution >= 4 is 34.6 Å². The molecule has 0 atom stereocenters. The molecule has 1 saturated heterocycles. The molecule has 4 aromatic rings. The summed E-state index contributed by atoms with van der Waals surface area (Å²) in [5.74, 6) is -4.32. The minimum Gasteiger partial charge on any atom is -0.382 e. The normalized spacial score (nSPS) is 14.6. The number of hydrogen-bond acceptors (Lipinski definition) is 5. The minimum atomic E-state index is -4.98. The van der Waals surface area contributed by atoms with Gasteiger partial charge in [0.25, 0.3) is 0 Å². The zero-order valence-electron chi connectivity index (χ0n) is 22.2. The third-order valence-electron chi connectivity index (χ3n) is 7.12. The minimum absolute atomic E-state index is 0.0241. The molecule has 2 aromatic carbocycles. The summed E-state index contributed by atoms with van der Waals surface area (Å²) in [6, 6.07) is 5.47. The molecular formula is C27H21F8N7O2. The SMILES string of the molecule is Nc1ncnn2c(C3CCN(C(=O)C(F)(F)F)CC3)cc(-c3ccc(NC(=O)Nc4cc(C(F)(F)F)ccc4F)c(F)c3)c12. The quantitative estimate of drug-likeness (QED) is 0.234. The molecule has 0 aliphatic carbocycles. The number of nitrogens with zero attached hydrogens (tertiary/aromatic N) is 4. The average molecular weight is 627 g/mol. The third-order valence-corrected chi connectivity index (χ3v) is 7.12. The number of likely N-dealkylation sites (tertiary alicyclic amines) is 1. The Morgan fingerprint density at radius 3 is 2.20 bits per heavy atom. The number of alkyl halides is 6. The van der Waals surface area contributed by atoms with Gasteiger partial charge in [-0.15, -0.1) is 0 Å². The van der Waals surface area contributed by atoms with Crippen LogP contribution in [0.3, 0.4) is 0 Å². The number of nitrogens with one attached hydrogen (secondary N) is 2. The lowest BCUT2D eigenvalue weighted by molar-refractivity contribution is -0.186. The summed E-state index contributed by atoms with van der Waals surface area (Å²) in [6.07, 6.45) is -8.21. The Hall–Kier alpha value is -4.96. The van der Waals surface area contributed by atoms with E-state index in [1.54, 1.807) is 6.07 Å². The van der Waals surface area contributed by atoms with E-state index in [0.717, 1.165) is 17.0 Å². The Balaban J connectivity index is 1.37. The number of halogens is 8. The number of rotatable bonds is 4. The molecule has 5 rings (SSSR count). The van der Waals surface area contributed by atoms with Gasteiger partial charge in [0.2, 0.25) is 0 Å². The highest BCUT2D eigenvalue weighted by atomic mass is 19.4. The van der Waals surface area contributed by atoms with Crippen LogP contribution < -0.4 is 16.4 Å². The fourth-order valence-electron chi connectivity index (χ4n) is 5.02. The van der Waals surface area contributed by atoms with Gasteiger partial charge >= 0.3 is 24.3 Å². The van der Waals surface area contributed by atoms with E-state index >= 15 is 4.39 Å². The van der Waals surface area contributed by atoms with E-state index in [4.69, 9.17) is 5.73 Å². The van der Waals surface area contributed by atoms with E-state index in [-0.39, 0.29) is 54.4 Å². The van der Waals surface area contributed by atoms with Gasteiger partial charge in [0.15, 0.2) is 5.82 Å². The molecule has 232 valence electrons. The van der Waals surface area contributed by atoms with Crippen molar-refractivity contribution in [1.29, 1.82) is 0 Å². The van der Waals surface area contributed by atoms with Crippen LogP contribution in [0.4, 0.5) is 57.1 Å². The molecule has 0 unspecified atom stereocenters. The van der Waals surface area contributed by atoms with E-state index in [1.807, 2.05) is 5.32 Å². The Morgan fingerprint density at radius 2 is 1.57 bits per heavy atom. The van der Waals surface area contributed by atoms with Gasteiger partial charge in [0.05, 0.1) is 16.9 Å². The number of fused-ring (bicyclic) bond motifs is 1. The van der Waals surface area contributed by atoms with Gasteiger partial charge in [0, 0.05) is 30.3 Å². The highest BCUT2D eigenvalue weighted by Crippen LogP contribution is 2.38. The average Bonchev–Trinajstić information content (AvgIpc) is 3.35. The summed E-state index contributed by atoms with van der Waals surface area (Å²) in [5.41, 5.74) is 5.20. The number of piperidine rings is 1. The summed E-state index contributed by atoms with van der Waals surface area (Å²) in [4.78, 5) is 28.7. The molecule has 1 aliphatic rings. The first-order valence-corrected chi connectivity index (χ1v) is 12.9. The third kappa shape index (κ3) is 6.07. The topological polar surface area (TPSA) is 118 Å². The number of aromatic nitrogens is 3. The monoisotopic (exact) mass is 627 g/mol. The smallest absolute Gasteiger partial charge is 0.382 e. The molecule has 0 saturated carbocycles. The molecule has 2 aromatic heterocycles. The molecule has 0 spiro atoms. The van der Waals surface area contributed by atoms with Crippen molar-refractivity contribution in [3.63, 3.8) is 0 Å². The van der Waals surface area contributed by atoms with Crippen molar-refractivity contribution in [3.05, 3.63) is 71.7 Å². The van der Waals surface area contributed by atoms with E-state index in [1.165, 1.54) is 16.9 Å². The van der Waals surface area contributed by atoms with Crippen LogP contribution in [0, 0.1) is 11.6 Å². The molecule has 4 N–H and O–H groups in total. The van der Waals surface area contributed by atoms with Gasteiger partial charge < -0.3 is 21.3 Å². The van der Waals surface area contributed by atoms with Crippen LogP contribution in [0.5, 0.6) is 0 Å². The van der Waals surface area contributed by atoms with Crippen LogP contribution >= 0.6 is 0 Å². The van der Waals surface area contributed by atoms with Gasteiger partial charge in [-0.2, -0.15) is 31.4 Å². The molecule has 1 fully saturated rings. The number of nitrogen functional groups attached to an aromatic ring is 1. The second-order valence-electron chi connectivity index (χ2n) is 9.92. The van der Waals surface area contributed by atoms with Gasteiger partial charge in [-0.1, -0.05) is 6.07 Å². The maximum Gasteiger partial charge on any atom is 0.471 e. The van der Waals surface area contributed by atoms with E-state index < -0.39 is 47.2 Å². The van der Waals surface area contributed by atoms with Crippen molar-refractivity contribution in [3.8, 4) is 11.1 Å². The lowest BCUT2D eigenvalue weighted by Crippen LogP contribution is -2.45.